The minimum Gasteiger partial charge on any atom is -0.389 e. The first-order chi connectivity index (χ1) is 10.6. The molecule has 1 aliphatic heterocycles. The molecule has 0 aliphatic carbocycles. The molecule has 1 unspecified atom stereocenters. The maximum atomic E-state index is 13.8. The Morgan fingerprint density at radius 2 is 2.00 bits per heavy atom. The summed E-state index contributed by atoms with van der Waals surface area (Å²) >= 11 is 0. The van der Waals surface area contributed by atoms with Crippen LogP contribution in [0.3, 0.4) is 0 Å². The van der Waals surface area contributed by atoms with Crippen molar-refractivity contribution in [3.05, 3.63) is 70.5 Å². The highest BCUT2D eigenvalue weighted by molar-refractivity contribution is 5.94. The molecule has 3 rings (SSSR count). The van der Waals surface area contributed by atoms with E-state index >= 15 is 0 Å². The summed E-state index contributed by atoms with van der Waals surface area (Å²) < 4.78 is 13.8. The first kappa shape index (κ1) is 14.7. The van der Waals surface area contributed by atoms with Crippen molar-refractivity contribution in [1.82, 2.24) is 4.90 Å². The van der Waals surface area contributed by atoms with Crippen LogP contribution in [0.1, 0.15) is 40.1 Å². The van der Waals surface area contributed by atoms with Crippen molar-refractivity contribution in [2.24, 2.45) is 0 Å². The van der Waals surface area contributed by atoms with Crippen LogP contribution in [-0.4, -0.2) is 22.5 Å². The van der Waals surface area contributed by atoms with Crippen LogP contribution in [0.15, 0.2) is 42.5 Å². The second kappa shape index (κ2) is 5.89. The van der Waals surface area contributed by atoms with Crippen LogP contribution in [0.5, 0.6) is 0 Å². The Hall–Kier alpha value is -2.20. The molecule has 22 heavy (non-hydrogen) atoms. The Balaban J connectivity index is 1.86. The van der Waals surface area contributed by atoms with E-state index < -0.39 is 11.9 Å². The number of aliphatic hydroxyl groups excluding tert-OH is 1. The molecule has 0 saturated heterocycles. The number of halogens is 1. The molecule has 1 N–H and O–H groups in total. The lowest BCUT2D eigenvalue weighted by atomic mass is 9.95. The first-order valence-electron chi connectivity index (χ1n) is 7.40. The highest BCUT2D eigenvalue weighted by Crippen LogP contribution is 2.24. The van der Waals surface area contributed by atoms with Gasteiger partial charge in [-0.05, 0) is 42.2 Å². The van der Waals surface area contributed by atoms with E-state index in [4.69, 9.17) is 0 Å². The van der Waals surface area contributed by atoms with Gasteiger partial charge in [-0.25, -0.2) is 4.39 Å². The van der Waals surface area contributed by atoms with Crippen LogP contribution in [0, 0.1) is 5.82 Å². The molecule has 0 fully saturated rings. The van der Waals surface area contributed by atoms with Gasteiger partial charge in [0.1, 0.15) is 5.82 Å². The van der Waals surface area contributed by atoms with E-state index in [0.29, 0.717) is 13.1 Å². The van der Waals surface area contributed by atoms with Crippen molar-refractivity contribution in [1.29, 1.82) is 0 Å². The summed E-state index contributed by atoms with van der Waals surface area (Å²) in [6.45, 7) is 2.74. The first-order valence-corrected chi connectivity index (χ1v) is 7.40. The van der Waals surface area contributed by atoms with Crippen LogP contribution >= 0.6 is 0 Å². The van der Waals surface area contributed by atoms with Gasteiger partial charge in [-0.2, -0.15) is 0 Å². The van der Waals surface area contributed by atoms with E-state index in [0.717, 1.165) is 17.5 Å². The molecule has 0 aromatic heterocycles. The number of nitrogens with zero attached hydrogens (tertiary/aromatic N) is 1. The zero-order chi connectivity index (χ0) is 15.7. The molecule has 0 saturated carbocycles. The van der Waals surface area contributed by atoms with Crippen molar-refractivity contribution in [2.45, 2.75) is 26.0 Å². The zero-order valence-electron chi connectivity index (χ0n) is 12.4. The van der Waals surface area contributed by atoms with E-state index in [1.54, 1.807) is 24.0 Å². The Labute approximate surface area is 129 Å². The van der Waals surface area contributed by atoms with Gasteiger partial charge in [-0.3, -0.25) is 4.79 Å². The fourth-order valence-electron chi connectivity index (χ4n) is 2.82. The largest absolute Gasteiger partial charge is 0.389 e. The van der Waals surface area contributed by atoms with Crippen LogP contribution in [0.25, 0.3) is 0 Å². The lowest BCUT2D eigenvalue weighted by Crippen LogP contribution is -2.36. The Morgan fingerprint density at radius 1 is 1.23 bits per heavy atom. The van der Waals surface area contributed by atoms with Gasteiger partial charge in [0.25, 0.3) is 5.91 Å². The van der Waals surface area contributed by atoms with E-state index in [1.165, 1.54) is 17.7 Å². The van der Waals surface area contributed by atoms with Gasteiger partial charge in [0.05, 0.1) is 11.7 Å². The number of benzene rings is 2. The molecule has 0 spiro atoms. The average Bonchev–Trinajstić information content (AvgIpc) is 2.53. The van der Waals surface area contributed by atoms with Gasteiger partial charge < -0.3 is 10.0 Å². The van der Waals surface area contributed by atoms with Crippen LogP contribution in [0.2, 0.25) is 0 Å². The number of hydrogen-bond acceptors (Lipinski definition) is 2. The molecular weight excluding hydrogens is 281 g/mol. The maximum absolute atomic E-state index is 13.8. The number of amides is 1. The number of fused-ring (bicyclic) bond motifs is 1. The zero-order valence-corrected chi connectivity index (χ0v) is 12.4. The summed E-state index contributed by atoms with van der Waals surface area (Å²) in [5.41, 5.74) is 3.15. The minimum atomic E-state index is -0.539. The fourth-order valence-corrected chi connectivity index (χ4v) is 2.82. The molecule has 2 aromatic carbocycles. The fraction of sp³-hybridized carbons (Fsp3) is 0.278. The Bertz CT molecular complexity index is 712. The van der Waals surface area contributed by atoms with Gasteiger partial charge in [0, 0.05) is 13.1 Å². The molecule has 114 valence electrons. The molecule has 1 aliphatic rings. The highest BCUT2D eigenvalue weighted by atomic mass is 19.1. The Kier molecular flexibility index (Phi) is 3.94. The molecule has 1 atom stereocenters. The summed E-state index contributed by atoms with van der Waals surface area (Å²) in [4.78, 5) is 14.1. The van der Waals surface area contributed by atoms with Gasteiger partial charge >= 0.3 is 0 Å². The quantitative estimate of drug-likeness (QED) is 0.926. The van der Waals surface area contributed by atoms with Gasteiger partial charge in [-0.15, -0.1) is 0 Å². The third-order valence-corrected chi connectivity index (χ3v) is 4.12. The van der Waals surface area contributed by atoms with Crippen molar-refractivity contribution >= 4 is 5.91 Å². The molecule has 1 heterocycles. The minimum absolute atomic E-state index is 0.109. The lowest BCUT2D eigenvalue weighted by molar-refractivity contribution is 0.0730. The summed E-state index contributed by atoms with van der Waals surface area (Å²) in [7, 11) is 0. The van der Waals surface area contributed by atoms with E-state index in [-0.39, 0.29) is 11.5 Å². The molecular formula is C18H18FNO2. The number of hydrogen-bond donors (Lipinski definition) is 1. The SMILES string of the molecule is CC(O)c1ccc2c(c1)CN(C(=O)c1ccccc1F)CC2. The number of rotatable bonds is 2. The van der Waals surface area contributed by atoms with Gasteiger partial charge in [0.15, 0.2) is 0 Å². The van der Waals surface area contributed by atoms with Crippen molar-refractivity contribution in [3.63, 3.8) is 0 Å². The summed E-state index contributed by atoms with van der Waals surface area (Å²) in [6.07, 6.45) is 0.207. The van der Waals surface area contributed by atoms with E-state index in [1.807, 2.05) is 18.2 Å². The van der Waals surface area contributed by atoms with Crippen molar-refractivity contribution in [3.8, 4) is 0 Å². The monoisotopic (exact) mass is 299 g/mol. The highest BCUT2D eigenvalue weighted by Gasteiger charge is 2.24. The number of carbonyl (C=O) groups is 1. The third kappa shape index (κ3) is 2.74. The van der Waals surface area contributed by atoms with Crippen LogP contribution < -0.4 is 0 Å². The smallest absolute Gasteiger partial charge is 0.257 e. The van der Waals surface area contributed by atoms with Gasteiger partial charge in [-0.1, -0.05) is 30.3 Å². The second-order valence-electron chi connectivity index (χ2n) is 5.66. The second-order valence-corrected chi connectivity index (χ2v) is 5.66. The average molecular weight is 299 g/mol. The summed E-state index contributed by atoms with van der Waals surface area (Å²) in [6, 6.07) is 11.9. The van der Waals surface area contributed by atoms with Gasteiger partial charge in [0.2, 0.25) is 0 Å². The van der Waals surface area contributed by atoms with Crippen LogP contribution in [0.4, 0.5) is 4.39 Å². The topological polar surface area (TPSA) is 40.5 Å². The predicted octanol–water partition coefficient (Wildman–Crippen LogP) is 3.08. The molecule has 3 nitrogen and oxygen atoms in total. The number of carbonyl (C=O) groups excluding carboxylic acids is 1. The number of aliphatic hydroxyl groups is 1. The maximum Gasteiger partial charge on any atom is 0.257 e. The standard InChI is InChI=1S/C18H18FNO2/c1-12(21)14-7-6-13-8-9-20(11-15(13)10-14)18(22)16-4-2-3-5-17(16)19/h2-7,10,12,21H,8-9,11H2,1H3. The normalized spacial score (nSPS) is 15.3. The molecule has 1 amide bonds. The van der Waals surface area contributed by atoms with Crippen molar-refractivity contribution in [2.75, 3.05) is 6.54 Å². The van der Waals surface area contributed by atoms with Crippen LogP contribution in [-0.2, 0) is 13.0 Å². The predicted molar refractivity (Wildman–Crippen MR) is 81.9 cm³/mol. The Morgan fingerprint density at radius 3 is 2.73 bits per heavy atom. The van der Waals surface area contributed by atoms with E-state index in [9.17, 15) is 14.3 Å². The summed E-state index contributed by atoms with van der Waals surface area (Å²) in [5.74, 6) is -0.776. The van der Waals surface area contributed by atoms with E-state index in [2.05, 4.69) is 0 Å². The molecule has 0 bridgehead atoms. The molecule has 2 aromatic rings. The molecule has 4 heteroatoms. The lowest BCUT2D eigenvalue weighted by Gasteiger charge is -2.29. The van der Waals surface area contributed by atoms with Crippen molar-refractivity contribution < 1.29 is 14.3 Å². The molecule has 0 radical (unpaired) electrons. The third-order valence-electron chi connectivity index (χ3n) is 4.12. The summed E-state index contributed by atoms with van der Waals surface area (Å²) in [5, 5.41) is 9.68.